The average molecular weight is 311 g/mol. The Morgan fingerprint density at radius 3 is 2.95 bits per heavy atom. The van der Waals surface area contributed by atoms with Crippen molar-refractivity contribution in [3.8, 4) is 0 Å². The van der Waals surface area contributed by atoms with Crippen LogP contribution in [0.4, 0.5) is 4.39 Å². The number of benzene rings is 1. The van der Waals surface area contributed by atoms with E-state index in [9.17, 15) is 9.18 Å². The summed E-state index contributed by atoms with van der Waals surface area (Å²) in [7, 11) is 0. The average Bonchev–Trinajstić information content (AvgIpc) is 2.87. The normalized spacial score (nSPS) is 12.2. The van der Waals surface area contributed by atoms with Crippen LogP contribution < -0.4 is 5.32 Å². The van der Waals surface area contributed by atoms with Crippen molar-refractivity contribution in [2.75, 3.05) is 0 Å². The Hall–Kier alpha value is -1.95. The number of hydrogen-bond donors (Lipinski definition) is 1. The fourth-order valence-corrected chi connectivity index (χ4v) is 2.16. The van der Waals surface area contributed by atoms with Gasteiger partial charge in [0.1, 0.15) is 18.0 Å². The number of nitrogens with zero attached hydrogens (tertiary/aromatic N) is 3. The summed E-state index contributed by atoms with van der Waals surface area (Å²) in [4.78, 5) is 16.2. The number of halogens is 2. The molecule has 2 aromatic rings. The smallest absolute Gasteiger partial charge is 0.254 e. The monoisotopic (exact) mass is 310 g/mol. The van der Waals surface area contributed by atoms with E-state index in [-0.39, 0.29) is 16.6 Å². The zero-order chi connectivity index (χ0) is 15.4. The van der Waals surface area contributed by atoms with Crippen molar-refractivity contribution >= 4 is 17.5 Å². The molecule has 0 spiro atoms. The van der Waals surface area contributed by atoms with Crippen LogP contribution in [0.15, 0.2) is 24.5 Å². The highest BCUT2D eigenvalue weighted by atomic mass is 35.5. The molecular weight excluding hydrogens is 295 g/mol. The molecule has 0 aliphatic heterocycles. The molecule has 0 bridgehead atoms. The van der Waals surface area contributed by atoms with Crippen LogP contribution in [-0.2, 0) is 6.54 Å². The van der Waals surface area contributed by atoms with E-state index in [1.807, 2.05) is 6.92 Å². The highest BCUT2D eigenvalue weighted by Crippen LogP contribution is 2.16. The Bertz CT molecular complexity index is 644. The van der Waals surface area contributed by atoms with E-state index in [1.54, 1.807) is 11.6 Å². The van der Waals surface area contributed by atoms with Crippen LogP contribution in [0, 0.1) is 5.82 Å². The molecule has 0 saturated heterocycles. The van der Waals surface area contributed by atoms with Gasteiger partial charge < -0.3 is 5.32 Å². The lowest BCUT2D eigenvalue weighted by Gasteiger charge is -2.14. The topological polar surface area (TPSA) is 59.8 Å². The van der Waals surface area contributed by atoms with Gasteiger partial charge in [-0.1, -0.05) is 18.5 Å². The van der Waals surface area contributed by atoms with Crippen molar-refractivity contribution in [1.29, 1.82) is 0 Å². The number of rotatable bonds is 5. The van der Waals surface area contributed by atoms with Crippen molar-refractivity contribution in [2.45, 2.75) is 32.9 Å². The van der Waals surface area contributed by atoms with Crippen LogP contribution in [0.2, 0.25) is 5.02 Å². The highest BCUT2D eigenvalue weighted by Gasteiger charge is 2.18. The molecule has 1 atom stereocenters. The zero-order valence-electron chi connectivity index (χ0n) is 11.8. The van der Waals surface area contributed by atoms with Crippen molar-refractivity contribution in [2.24, 2.45) is 0 Å². The second kappa shape index (κ2) is 6.67. The van der Waals surface area contributed by atoms with Crippen LogP contribution in [0.25, 0.3) is 0 Å². The van der Waals surface area contributed by atoms with Gasteiger partial charge in [-0.25, -0.2) is 14.1 Å². The fourth-order valence-electron chi connectivity index (χ4n) is 2.01. The van der Waals surface area contributed by atoms with Crippen LogP contribution >= 0.6 is 11.6 Å². The number of carbonyl (C=O) groups is 1. The second-order valence-electron chi connectivity index (χ2n) is 4.66. The van der Waals surface area contributed by atoms with Gasteiger partial charge in [0.15, 0.2) is 0 Å². The first kappa shape index (κ1) is 15.4. The molecule has 0 aliphatic rings. The molecule has 0 aliphatic carbocycles. The minimum absolute atomic E-state index is 0.0483. The largest absolute Gasteiger partial charge is 0.342 e. The predicted molar refractivity (Wildman–Crippen MR) is 77.6 cm³/mol. The van der Waals surface area contributed by atoms with Crippen LogP contribution in [0.1, 0.15) is 42.5 Å². The van der Waals surface area contributed by atoms with Crippen molar-refractivity contribution in [3.63, 3.8) is 0 Å². The van der Waals surface area contributed by atoms with E-state index in [0.717, 1.165) is 12.5 Å². The summed E-state index contributed by atoms with van der Waals surface area (Å²) in [6, 6.07) is 3.57. The summed E-state index contributed by atoms with van der Waals surface area (Å²) in [5, 5.41) is 7.06. The third-order valence-corrected chi connectivity index (χ3v) is 3.23. The maximum atomic E-state index is 13.7. The molecule has 0 fully saturated rings. The standard InChI is InChI=1S/C14H16ClFN4O/c1-3-6-20-13(17-8-18-20)9(2)19-14(21)11-5-4-10(15)7-12(11)16/h4-5,7-9H,3,6H2,1-2H3,(H,19,21)/t9-/m1/s1. The summed E-state index contributed by atoms with van der Waals surface area (Å²) >= 11 is 5.67. The molecule has 2 rings (SSSR count). The lowest BCUT2D eigenvalue weighted by atomic mass is 10.2. The molecular formula is C14H16ClFN4O. The minimum atomic E-state index is -0.651. The quantitative estimate of drug-likeness (QED) is 0.923. The summed E-state index contributed by atoms with van der Waals surface area (Å²) in [6.45, 7) is 4.52. The SMILES string of the molecule is CCCn1ncnc1[C@@H](C)NC(=O)c1ccc(Cl)cc1F. The molecule has 0 unspecified atom stereocenters. The summed E-state index contributed by atoms with van der Waals surface area (Å²) < 4.78 is 15.4. The predicted octanol–water partition coefficient (Wildman–Crippen LogP) is 2.97. The molecule has 1 N–H and O–H groups in total. The number of carbonyl (C=O) groups excluding carboxylic acids is 1. The number of hydrogen-bond acceptors (Lipinski definition) is 3. The first-order valence-corrected chi connectivity index (χ1v) is 7.04. The molecule has 21 heavy (non-hydrogen) atoms. The third-order valence-electron chi connectivity index (χ3n) is 2.99. The van der Waals surface area contributed by atoms with E-state index in [2.05, 4.69) is 15.4 Å². The van der Waals surface area contributed by atoms with Crippen molar-refractivity contribution in [1.82, 2.24) is 20.1 Å². The summed E-state index contributed by atoms with van der Waals surface area (Å²) in [5.74, 6) is -0.524. The molecule has 5 nitrogen and oxygen atoms in total. The van der Waals surface area contributed by atoms with E-state index in [0.29, 0.717) is 12.4 Å². The van der Waals surface area contributed by atoms with Gasteiger partial charge in [-0.05, 0) is 31.5 Å². The van der Waals surface area contributed by atoms with E-state index < -0.39 is 11.7 Å². The van der Waals surface area contributed by atoms with Gasteiger partial charge in [-0.3, -0.25) is 4.79 Å². The number of aromatic nitrogens is 3. The molecule has 1 aromatic heterocycles. The van der Waals surface area contributed by atoms with Crippen LogP contribution in [-0.4, -0.2) is 20.7 Å². The first-order valence-electron chi connectivity index (χ1n) is 6.66. The number of aryl methyl sites for hydroxylation is 1. The van der Waals surface area contributed by atoms with E-state index in [4.69, 9.17) is 11.6 Å². The van der Waals surface area contributed by atoms with Crippen molar-refractivity contribution < 1.29 is 9.18 Å². The summed E-state index contributed by atoms with van der Waals surface area (Å²) in [5.41, 5.74) is -0.0483. The van der Waals surface area contributed by atoms with Gasteiger partial charge in [-0.2, -0.15) is 5.10 Å². The first-order chi connectivity index (χ1) is 10.0. The Balaban J connectivity index is 2.13. The van der Waals surface area contributed by atoms with Crippen molar-refractivity contribution in [3.05, 3.63) is 46.8 Å². The molecule has 1 heterocycles. The van der Waals surface area contributed by atoms with Gasteiger partial charge in [0.2, 0.25) is 0 Å². The molecule has 0 radical (unpaired) electrons. The maximum Gasteiger partial charge on any atom is 0.254 e. The van der Waals surface area contributed by atoms with Gasteiger partial charge in [0.25, 0.3) is 5.91 Å². The lowest BCUT2D eigenvalue weighted by molar-refractivity contribution is 0.0933. The second-order valence-corrected chi connectivity index (χ2v) is 5.10. The van der Waals surface area contributed by atoms with Crippen LogP contribution in [0.5, 0.6) is 0 Å². The Kier molecular flexibility index (Phi) is 4.90. The Morgan fingerprint density at radius 2 is 2.29 bits per heavy atom. The van der Waals surface area contributed by atoms with E-state index >= 15 is 0 Å². The molecule has 1 amide bonds. The molecule has 7 heteroatoms. The molecule has 112 valence electrons. The highest BCUT2D eigenvalue weighted by molar-refractivity contribution is 6.30. The van der Waals surface area contributed by atoms with Gasteiger partial charge >= 0.3 is 0 Å². The molecule has 1 aromatic carbocycles. The molecule has 0 saturated carbocycles. The maximum absolute atomic E-state index is 13.7. The lowest BCUT2D eigenvalue weighted by Crippen LogP contribution is -2.29. The van der Waals surface area contributed by atoms with Crippen LogP contribution in [0.3, 0.4) is 0 Å². The zero-order valence-corrected chi connectivity index (χ0v) is 12.6. The van der Waals surface area contributed by atoms with Gasteiger partial charge in [-0.15, -0.1) is 0 Å². The van der Waals surface area contributed by atoms with Gasteiger partial charge in [0, 0.05) is 11.6 Å². The summed E-state index contributed by atoms with van der Waals surface area (Å²) in [6.07, 6.45) is 2.35. The number of nitrogens with one attached hydrogen (secondary N) is 1. The van der Waals surface area contributed by atoms with Gasteiger partial charge in [0.05, 0.1) is 11.6 Å². The Labute approximate surface area is 127 Å². The third kappa shape index (κ3) is 3.58. The minimum Gasteiger partial charge on any atom is -0.342 e. The fraction of sp³-hybridized carbons (Fsp3) is 0.357. The van der Waals surface area contributed by atoms with E-state index in [1.165, 1.54) is 18.5 Å². The number of amides is 1. The Morgan fingerprint density at radius 1 is 1.52 bits per heavy atom.